The zero-order valence-electron chi connectivity index (χ0n) is 10.3. The molecular formula is C13H14N2O3. The summed E-state index contributed by atoms with van der Waals surface area (Å²) in [5, 5.41) is 9.94. The first-order chi connectivity index (χ1) is 8.61. The number of rotatable bonds is 2. The predicted molar refractivity (Wildman–Crippen MR) is 67.4 cm³/mol. The lowest BCUT2D eigenvalue weighted by atomic mass is 10.2. The van der Waals surface area contributed by atoms with Crippen molar-refractivity contribution in [3.05, 3.63) is 36.0 Å². The van der Waals surface area contributed by atoms with Crippen molar-refractivity contribution in [3.63, 3.8) is 0 Å². The van der Waals surface area contributed by atoms with E-state index in [4.69, 9.17) is 9.84 Å². The number of aliphatic hydroxyl groups excluding tert-OH is 1. The van der Waals surface area contributed by atoms with E-state index in [9.17, 15) is 4.79 Å². The smallest absolute Gasteiger partial charge is 0.408 e. The molecule has 0 fully saturated rings. The van der Waals surface area contributed by atoms with Crippen molar-refractivity contribution in [3.8, 4) is 5.75 Å². The molecule has 94 valence electrons. The topological polar surface area (TPSA) is 62.7 Å². The van der Waals surface area contributed by atoms with Crippen LogP contribution in [0.3, 0.4) is 0 Å². The number of carbonyl (C=O) groups excluding carboxylic acids is 1. The summed E-state index contributed by atoms with van der Waals surface area (Å²) < 4.78 is 5.23. The summed E-state index contributed by atoms with van der Waals surface area (Å²) in [6.45, 7) is -0.147. The molecule has 5 nitrogen and oxygen atoms in total. The number of nitrogens with zero attached hydrogens (tertiary/aromatic N) is 2. The lowest BCUT2D eigenvalue weighted by Crippen LogP contribution is -2.25. The maximum atomic E-state index is 11.5. The third-order valence-corrected chi connectivity index (χ3v) is 2.47. The lowest BCUT2D eigenvalue weighted by molar-refractivity contribution is 0.172. The summed E-state index contributed by atoms with van der Waals surface area (Å²) >= 11 is 0. The van der Waals surface area contributed by atoms with E-state index < -0.39 is 6.09 Å². The monoisotopic (exact) mass is 246 g/mol. The molecule has 0 saturated heterocycles. The first kappa shape index (κ1) is 12.3. The molecule has 1 aromatic carbocycles. The van der Waals surface area contributed by atoms with Crippen LogP contribution in [0.1, 0.15) is 5.69 Å². The minimum absolute atomic E-state index is 0.147. The van der Waals surface area contributed by atoms with E-state index in [0.717, 1.165) is 5.39 Å². The zero-order chi connectivity index (χ0) is 13.1. The van der Waals surface area contributed by atoms with Crippen LogP contribution in [-0.2, 0) is 6.61 Å². The molecule has 1 aromatic heterocycles. The molecule has 1 amide bonds. The SMILES string of the molecule is CN(C)C(=O)Oc1cccc2ccc(CO)nc12. The van der Waals surface area contributed by atoms with Crippen molar-refractivity contribution >= 4 is 17.0 Å². The molecule has 5 heteroatoms. The van der Waals surface area contributed by atoms with Crippen molar-refractivity contribution in [2.75, 3.05) is 14.1 Å². The average Bonchev–Trinajstić information content (AvgIpc) is 2.38. The molecule has 0 radical (unpaired) electrons. The highest BCUT2D eigenvalue weighted by atomic mass is 16.6. The minimum atomic E-state index is -0.460. The highest BCUT2D eigenvalue weighted by Gasteiger charge is 2.10. The van der Waals surface area contributed by atoms with Crippen molar-refractivity contribution in [1.29, 1.82) is 0 Å². The molecule has 0 atom stereocenters. The van der Waals surface area contributed by atoms with Gasteiger partial charge in [0.05, 0.1) is 12.3 Å². The molecule has 0 saturated carbocycles. The Balaban J connectivity index is 2.46. The summed E-state index contributed by atoms with van der Waals surface area (Å²) in [7, 11) is 3.22. The molecule has 0 aliphatic carbocycles. The number of pyridine rings is 1. The fraction of sp³-hybridized carbons (Fsp3) is 0.231. The molecule has 0 spiro atoms. The number of amides is 1. The van der Waals surface area contributed by atoms with Gasteiger partial charge in [-0.2, -0.15) is 0 Å². The van der Waals surface area contributed by atoms with Gasteiger partial charge in [-0.3, -0.25) is 0 Å². The second-order valence-corrected chi connectivity index (χ2v) is 4.05. The van der Waals surface area contributed by atoms with E-state index in [1.54, 1.807) is 32.3 Å². The van der Waals surface area contributed by atoms with Gasteiger partial charge < -0.3 is 14.7 Å². The fourth-order valence-electron chi connectivity index (χ4n) is 1.52. The number of hydrogen-bond donors (Lipinski definition) is 1. The Morgan fingerprint density at radius 2 is 2.11 bits per heavy atom. The van der Waals surface area contributed by atoms with Gasteiger partial charge >= 0.3 is 6.09 Å². The molecule has 0 bridgehead atoms. The van der Waals surface area contributed by atoms with Gasteiger partial charge in [0.15, 0.2) is 5.75 Å². The quantitative estimate of drug-likeness (QED) is 0.877. The maximum Gasteiger partial charge on any atom is 0.414 e. The van der Waals surface area contributed by atoms with Crippen molar-refractivity contribution in [1.82, 2.24) is 9.88 Å². The van der Waals surface area contributed by atoms with Gasteiger partial charge in [-0.1, -0.05) is 18.2 Å². The minimum Gasteiger partial charge on any atom is -0.408 e. The average molecular weight is 246 g/mol. The highest BCUT2D eigenvalue weighted by Crippen LogP contribution is 2.24. The molecular weight excluding hydrogens is 232 g/mol. The van der Waals surface area contributed by atoms with Crippen molar-refractivity contribution in [2.45, 2.75) is 6.61 Å². The third kappa shape index (κ3) is 2.41. The normalized spacial score (nSPS) is 10.4. The van der Waals surface area contributed by atoms with E-state index in [1.807, 2.05) is 12.1 Å². The van der Waals surface area contributed by atoms with E-state index in [-0.39, 0.29) is 6.61 Å². The molecule has 0 aliphatic heterocycles. The number of fused-ring (bicyclic) bond motifs is 1. The number of aromatic nitrogens is 1. The summed E-state index contributed by atoms with van der Waals surface area (Å²) in [5.74, 6) is 0.390. The molecule has 1 N–H and O–H groups in total. The van der Waals surface area contributed by atoms with Crippen LogP contribution in [0.4, 0.5) is 4.79 Å². The summed E-state index contributed by atoms with van der Waals surface area (Å²) in [6.07, 6.45) is -0.460. The van der Waals surface area contributed by atoms with Crippen molar-refractivity contribution in [2.24, 2.45) is 0 Å². The number of benzene rings is 1. The number of aliphatic hydroxyl groups is 1. The van der Waals surface area contributed by atoms with Crippen LogP contribution in [0.15, 0.2) is 30.3 Å². The van der Waals surface area contributed by atoms with Gasteiger partial charge in [-0.05, 0) is 12.1 Å². The number of ether oxygens (including phenoxy) is 1. The van der Waals surface area contributed by atoms with Crippen LogP contribution in [0, 0.1) is 0 Å². The van der Waals surface area contributed by atoms with Crippen molar-refractivity contribution < 1.29 is 14.6 Å². The second-order valence-electron chi connectivity index (χ2n) is 4.05. The van der Waals surface area contributed by atoms with Gasteiger partial charge in [-0.15, -0.1) is 0 Å². The maximum absolute atomic E-state index is 11.5. The summed E-state index contributed by atoms with van der Waals surface area (Å²) in [6, 6.07) is 8.91. The largest absolute Gasteiger partial charge is 0.414 e. The fourth-order valence-corrected chi connectivity index (χ4v) is 1.52. The molecule has 18 heavy (non-hydrogen) atoms. The molecule has 1 heterocycles. The van der Waals surface area contributed by atoms with Crippen LogP contribution in [-0.4, -0.2) is 35.2 Å². The van der Waals surface area contributed by atoms with E-state index in [2.05, 4.69) is 4.98 Å². The Morgan fingerprint density at radius 3 is 2.78 bits per heavy atom. The van der Waals surface area contributed by atoms with Crippen LogP contribution < -0.4 is 4.74 Å². The third-order valence-electron chi connectivity index (χ3n) is 2.47. The van der Waals surface area contributed by atoms with E-state index >= 15 is 0 Å². The number of carbonyl (C=O) groups is 1. The number of para-hydroxylation sites is 1. The van der Waals surface area contributed by atoms with Crippen LogP contribution in [0.2, 0.25) is 0 Å². The Bertz CT molecular complexity index is 581. The van der Waals surface area contributed by atoms with Crippen LogP contribution in [0.25, 0.3) is 10.9 Å². The summed E-state index contributed by atoms with van der Waals surface area (Å²) in [4.78, 5) is 17.1. The van der Waals surface area contributed by atoms with Gasteiger partial charge in [0.2, 0.25) is 0 Å². The molecule has 0 unspecified atom stereocenters. The van der Waals surface area contributed by atoms with Gasteiger partial charge in [-0.25, -0.2) is 9.78 Å². The lowest BCUT2D eigenvalue weighted by Gasteiger charge is -2.12. The Hall–Kier alpha value is -2.14. The van der Waals surface area contributed by atoms with Gasteiger partial charge in [0.1, 0.15) is 5.52 Å². The molecule has 2 aromatic rings. The molecule has 2 rings (SSSR count). The van der Waals surface area contributed by atoms with Gasteiger partial charge in [0.25, 0.3) is 0 Å². The van der Waals surface area contributed by atoms with Gasteiger partial charge in [0, 0.05) is 19.5 Å². The Labute approximate surface area is 105 Å². The van der Waals surface area contributed by atoms with Crippen LogP contribution >= 0.6 is 0 Å². The van der Waals surface area contributed by atoms with Crippen LogP contribution in [0.5, 0.6) is 5.75 Å². The Kier molecular flexibility index (Phi) is 3.43. The standard InChI is InChI=1S/C13H14N2O3/c1-15(2)13(17)18-11-5-3-4-9-6-7-10(8-16)14-12(9)11/h3-7,16H,8H2,1-2H3. The Morgan fingerprint density at radius 1 is 1.33 bits per heavy atom. The summed E-state index contributed by atoms with van der Waals surface area (Å²) in [5.41, 5.74) is 1.11. The van der Waals surface area contributed by atoms with E-state index in [1.165, 1.54) is 4.90 Å². The highest BCUT2D eigenvalue weighted by molar-refractivity contribution is 5.86. The first-order valence-electron chi connectivity index (χ1n) is 5.50. The second kappa shape index (κ2) is 5.01. The number of hydrogen-bond acceptors (Lipinski definition) is 4. The molecule has 0 aliphatic rings. The van der Waals surface area contributed by atoms with E-state index in [0.29, 0.717) is 17.0 Å². The first-order valence-corrected chi connectivity index (χ1v) is 5.50. The predicted octanol–water partition coefficient (Wildman–Crippen LogP) is 1.79. The zero-order valence-corrected chi connectivity index (χ0v) is 10.3.